The minimum atomic E-state index is -3.00. The summed E-state index contributed by atoms with van der Waals surface area (Å²) in [6.07, 6.45) is -0.453. The molecule has 0 heterocycles. The van der Waals surface area contributed by atoms with Gasteiger partial charge in [-0.05, 0) is 6.42 Å². The third-order valence-electron chi connectivity index (χ3n) is 3.84. The fourth-order valence-electron chi connectivity index (χ4n) is 2.18. The summed E-state index contributed by atoms with van der Waals surface area (Å²) >= 11 is -2.12. The summed E-state index contributed by atoms with van der Waals surface area (Å²) in [5, 5.41) is 24.5. The summed E-state index contributed by atoms with van der Waals surface area (Å²) in [7, 11) is 0. The van der Waals surface area contributed by atoms with E-state index in [2.05, 4.69) is 16.0 Å². The van der Waals surface area contributed by atoms with Crippen molar-refractivity contribution in [2.45, 2.75) is 24.9 Å². The summed E-state index contributed by atoms with van der Waals surface area (Å²) in [4.78, 5) is 57.7. The van der Waals surface area contributed by atoms with E-state index in [-0.39, 0.29) is 18.6 Å². The molecule has 0 saturated carbocycles. The van der Waals surface area contributed by atoms with Crippen LogP contribution in [-0.4, -0.2) is 87.8 Å². The second kappa shape index (κ2) is 14.5. The Labute approximate surface area is 198 Å². The number of benzene rings is 1. The van der Waals surface area contributed by atoms with Gasteiger partial charge >= 0.3 is 142 Å². The number of hydrogen-bond donors (Lipinski definition) is 8. The van der Waals surface area contributed by atoms with Crippen LogP contribution in [0.3, 0.4) is 0 Å². The van der Waals surface area contributed by atoms with Gasteiger partial charge in [-0.1, -0.05) is 0 Å². The molecule has 1 aromatic rings. The van der Waals surface area contributed by atoms with Gasteiger partial charge in [-0.25, -0.2) is 0 Å². The van der Waals surface area contributed by atoms with E-state index in [4.69, 9.17) is 15.9 Å². The molecule has 1 radical (unpaired) electrons. The van der Waals surface area contributed by atoms with Crippen LogP contribution in [0.1, 0.15) is 12.8 Å². The van der Waals surface area contributed by atoms with Crippen molar-refractivity contribution >= 4 is 66.8 Å². The van der Waals surface area contributed by atoms with Crippen molar-refractivity contribution in [2.24, 2.45) is 5.73 Å². The molecular weight excluding hydrogens is 523 g/mol. The van der Waals surface area contributed by atoms with Crippen LogP contribution in [-0.2, 0) is 24.0 Å². The topological polar surface area (TPSA) is 228 Å². The second-order valence-electron chi connectivity index (χ2n) is 6.47. The Morgan fingerprint density at radius 3 is 2.24 bits per heavy atom. The SMILES string of the molecule is N[C@@H](CCC(=O)N[C@@H]([CH]SCC(=O)Nc1ccc([As](O)O)cc1)C(=O)NCC(=O)O)C(=O)O. The zero-order valence-electron chi connectivity index (χ0n) is 17.1. The maximum absolute atomic E-state index is 12.2. The molecule has 0 unspecified atom stereocenters. The van der Waals surface area contributed by atoms with E-state index in [0.717, 1.165) is 11.8 Å². The van der Waals surface area contributed by atoms with Gasteiger partial charge in [0.15, 0.2) is 0 Å². The second-order valence-corrected chi connectivity index (χ2v) is 9.66. The molecule has 13 nitrogen and oxygen atoms in total. The van der Waals surface area contributed by atoms with Crippen molar-refractivity contribution in [1.29, 1.82) is 0 Å². The smallest absolute Gasteiger partial charge is 0.480 e. The van der Waals surface area contributed by atoms with E-state index >= 15 is 0 Å². The molecule has 15 heteroatoms. The fraction of sp³-hybridized carbons (Fsp3) is 0.333. The van der Waals surface area contributed by atoms with Gasteiger partial charge in [-0.3, -0.25) is 14.4 Å². The van der Waals surface area contributed by atoms with Crippen LogP contribution in [0.5, 0.6) is 0 Å². The van der Waals surface area contributed by atoms with E-state index < -0.39 is 63.6 Å². The molecule has 33 heavy (non-hydrogen) atoms. The summed E-state index contributed by atoms with van der Waals surface area (Å²) in [6.45, 7) is -0.685. The first kappa shape index (κ1) is 28.4. The Bertz CT molecular complexity index is 854. The van der Waals surface area contributed by atoms with Crippen LogP contribution in [0.4, 0.5) is 5.69 Å². The van der Waals surface area contributed by atoms with Crippen molar-refractivity contribution < 1.29 is 42.4 Å². The minimum Gasteiger partial charge on any atom is -0.480 e. The number of aliphatic carboxylic acids is 2. The minimum absolute atomic E-state index is 0.151. The molecule has 0 aliphatic heterocycles. The molecule has 0 spiro atoms. The zero-order chi connectivity index (χ0) is 25.0. The normalized spacial score (nSPS) is 12.5. The molecule has 9 N–H and O–H groups in total. The Kier molecular flexibility index (Phi) is 12.5. The first-order valence-corrected chi connectivity index (χ1v) is 13.0. The molecule has 181 valence electrons. The Hall–Kier alpha value is -2.64. The Morgan fingerprint density at radius 1 is 1.06 bits per heavy atom. The van der Waals surface area contributed by atoms with Gasteiger partial charge in [-0.15, -0.1) is 0 Å². The van der Waals surface area contributed by atoms with Crippen LogP contribution < -0.4 is 26.0 Å². The number of carbonyl (C=O) groups excluding carboxylic acids is 3. The average molecular weight is 547 g/mol. The summed E-state index contributed by atoms with van der Waals surface area (Å²) in [5.74, 6) is -3.45. The van der Waals surface area contributed by atoms with Gasteiger partial charge in [0.2, 0.25) is 0 Å². The summed E-state index contributed by atoms with van der Waals surface area (Å²) in [5.41, 5.74) is 5.75. The van der Waals surface area contributed by atoms with Gasteiger partial charge in [0.25, 0.3) is 0 Å². The van der Waals surface area contributed by atoms with Gasteiger partial charge in [-0.2, -0.15) is 0 Å². The number of carbonyl (C=O) groups is 5. The van der Waals surface area contributed by atoms with Gasteiger partial charge in [0.1, 0.15) is 12.6 Å². The van der Waals surface area contributed by atoms with E-state index in [9.17, 15) is 32.2 Å². The fourth-order valence-corrected chi connectivity index (χ4v) is 3.76. The number of carboxylic acids is 2. The Balaban J connectivity index is 2.60. The van der Waals surface area contributed by atoms with Gasteiger partial charge in [0, 0.05) is 6.42 Å². The molecule has 0 bridgehead atoms. The van der Waals surface area contributed by atoms with Gasteiger partial charge < -0.3 is 15.9 Å². The molecule has 2 atom stereocenters. The van der Waals surface area contributed by atoms with Crippen molar-refractivity contribution in [1.82, 2.24) is 10.6 Å². The van der Waals surface area contributed by atoms with Crippen LogP contribution in [0.25, 0.3) is 0 Å². The first-order valence-electron chi connectivity index (χ1n) is 9.29. The molecule has 0 saturated heterocycles. The first-order chi connectivity index (χ1) is 15.5. The Morgan fingerprint density at radius 2 is 1.70 bits per heavy atom. The number of anilines is 1. The molecule has 0 aromatic heterocycles. The number of nitrogens with two attached hydrogens (primary N) is 1. The number of carboxylic acid groups (broad SMARTS) is 2. The molecule has 0 aliphatic rings. The van der Waals surface area contributed by atoms with Crippen LogP contribution >= 0.6 is 11.8 Å². The van der Waals surface area contributed by atoms with Crippen molar-refractivity contribution in [2.75, 3.05) is 17.6 Å². The summed E-state index contributed by atoms with van der Waals surface area (Å²) < 4.78 is 18.8. The van der Waals surface area contributed by atoms with Crippen molar-refractivity contribution in [3.05, 3.63) is 30.0 Å². The van der Waals surface area contributed by atoms with Crippen LogP contribution in [0.2, 0.25) is 0 Å². The summed E-state index contributed by atoms with van der Waals surface area (Å²) in [6, 6.07) is 3.41. The van der Waals surface area contributed by atoms with Crippen LogP contribution in [0, 0.1) is 5.75 Å². The average Bonchev–Trinajstić information content (AvgIpc) is 2.75. The molecule has 3 amide bonds. The maximum atomic E-state index is 12.2. The molecule has 1 aromatic carbocycles. The number of hydrogen-bond acceptors (Lipinski definition) is 9. The zero-order valence-corrected chi connectivity index (χ0v) is 19.8. The predicted molar refractivity (Wildman–Crippen MR) is 119 cm³/mol. The number of thioether (sulfide) groups is 1. The molecule has 1 rings (SSSR count). The monoisotopic (exact) mass is 547 g/mol. The van der Waals surface area contributed by atoms with Gasteiger partial charge in [0.05, 0.1) is 0 Å². The van der Waals surface area contributed by atoms with E-state index in [1.165, 1.54) is 30.0 Å². The van der Waals surface area contributed by atoms with E-state index in [0.29, 0.717) is 10.0 Å². The van der Waals surface area contributed by atoms with Crippen molar-refractivity contribution in [3.63, 3.8) is 0 Å². The quantitative estimate of drug-likeness (QED) is 0.110. The molecule has 0 aliphatic carbocycles. The molecule has 0 fully saturated rings. The number of rotatable bonds is 14. The molecular formula is C18H24AsN4O9S. The number of nitrogens with one attached hydrogen (secondary N) is 3. The standard InChI is InChI=1S/C18H24AsN4O9S/c20-12(18(29)30)5-6-14(24)23-13(17(28)21-7-16(26)27)8-33-9-15(25)22-11-3-1-10(2-4-11)19(31)32/h1-4,8,12-13,31-32H,5-7,9,20H2,(H,21,28)(H,22,25)(H,23,24)(H,26,27)(H,29,30)/t12-,13-/m0/s1. The van der Waals surface area contributed by atoms with Crippen LogP contribution in [0.15, 0.2) is 24.3 Å². The predicted octanol–water partition coefficient (Wildman–Crippen LogP) is -2.92. The third-order valence-corrected chi connectivity index (χ3v) is 6.33. The number of amides is 3. The van der Waals surface area contributed by atoms with E-state index in [1.807, 2.05) is 0 Å². The third kappa shape index (κ3) is 11.7. The van der Waals surface area contributed by atoms with E-state index in [1.54, 1.807) is 0 Å². The van der Waals surface area contributed by atoms with Crippen molar-refractivity contribution in [3.8, 4) is 0 Å².